The molecule has 0 saturated heterocycles. The van der Waals surface area contributed by atoms with E-state index in [1.807, 2.05) is 35.2 Å². The van der Waals surface area contributed by atoms with Crippen LogP contribution in [0.4, 0.5) is 0 Å². The molecule has 0 bridgehead atoms. The van der Waals surface area contributed by atoms with Crippen LogP contribution < -0.4 is 17.0 Å². The molecule has 0 radical (unpaired) electrons. The molecule has 3 nitrogen and oxygen atoms in total. The van der Waals surface area contributed by atoms with Crippen LogP contribution in [0, 0.1) is 17.8 Å². The summed E-state index contributed by atoms with van der Waals surface area (Å²) >= 11 is 0. The third-order valence-corrected chi connectivity index (χ3v) is 4.33. The van der Waals surface area contributed by atoms with Crippen LogP contribution in [0.5, 0.6) is 0 Å². The van der Waals surface area contributed by atoms with E-state index in [0.717, 1.165) is 6.42 Å². The van der Waals surface area contributed by atoms with Gasteiger partial charge in [-0.15, -0.1) is 0 Å². The number of carbonyl (C=O) groups is 1. The summed E-state index contributed by atoms with van der Waals surface area (Å²) in [6.07, 6.45) is 7.32. The van der Waals surface area contributed by atoms with E-state index < -0.39 is 0 Å². The van der Waals surface area contributed by atoms with Crippen molar-refractivity contribution in [2.24, 2.45) is 17.8 Å². The van der Waals surface area contributed by atoms with Crippen molar-refractivity contribution in [2.75, 3.05) is 0 Å². The van der Waals surface area contributed by atoms with Gasteiger partial charge in [0, 0.05) is 12.1 Å². The standard InChI is InChI=1S/C17H26NO2.ClH/c1-13(2)15-8-7-14(3)11-16(15)20-17(19)12-18-9-5-4-6-10-18;/h4-6,9-10,13-16H,7-8,11-12H2,1-3H3;1H/q+1;/p-1. The fourth-order valence-corrected chi connectivity index (χ4v) is 3.15. The summed E-state index contributed by atoms with van der Waals surface area (Å²) in [5.41, 5.74) is 0. The van der Waals surface area contributed by atoms with Crippen molar-refractivity contribution in [2.45, 2.75) is 52.7 Å². The molecule has 0 aliphatic heterocycles. The minimum atomic E-state index is -0.119. The lowest BCUT2D eigenvalue weighted by Gasteiger charge is -2.36. The molecule has 2 rings (SSSR count). The van der Waals surface area contributed by atoms with Crippen LogP contribution in [0.3, 0.4) is 0 Å². The first-order valence-electron chi connectivity index (χ1n) is 7.70. The lowest BCUT2D eigenvalue weighted by molar-refractivity contribution is -0.686. The highest BCUT2D eigenvalue weighted by Crippen LogP contribution is 2.35. The van der Waals surface area contributed by atoms with Crippen molar-refractivity contribution in [1.29, 1.82) is 0 Å². The quantitative estimate of drug-likeness (QED) is 0.578. The molecule has 0 aromatic carbocycles. The van der Waals surface area contributed by atoms with E-state index in [-0.39, 0.29) is 24.5 Å². The Morgan fingerprint density at radius 1 is 1.24 bits per heavy atom. The number of pyridine rings is 1. The van der Waals surface area contributed by atoms with Gasteiger partial charge in [-0.1, -0.05) is 33.3 Å². The molecule has 1 aromatic heterocycles. The minimum Gasteiger partial charge on any atom is -1.00 e. The average Bonchev–Trinajstić information content (AvgIpc) is 2.39. The number of nitrogens with zero attached hydrogens (tertiary/aromatic N) is 1. The lowest BCUT2D eigenvalue weighted by Crippen LogP contribution is -3.00. The molecule has 118 valence electrons. The van der Waals surface area contributed by atoms with Gasteiger partial charge in [-0.25, -0.2) is 4.79 Å². The molecule has 21 heavy (non-hydrogen) atoms. The van der Waals surface area contributed by atoms with Gasteiger partial charge in [0.1, 0.15) is 6.10 Å². The maximum Gasteiger partial charge on any atom is 0.372 e. The van der Waals surface area contributed by atoms with Crippen molar-refractivity contribution >= 4 is 5.97 Å². The van der Waals surface area contributed by atoms with Gasteiger partial charge in [0.15, 0.2) is 12.4 Å². The van der Waals surface area contributed by atoms with Crippen LogP contribution >= 0.6 is 0 Å². The zero-order valence-electron chi connectivity index (χ0n) is 13.2. The number of esters is 1. The monoisotopic (exact) mass is 311 g/mol. The Hall–Kier alpha value is -1.09. The molecule has 1 saturated carbocycles. The topological polar surface area (TPSA) is 30.2 Å². The molecule has 3 unspecified atom stereocenters. The van der Waals surface area contributed by atoms with E-state index in [1.54, 1.807) is 0 Å². The largest absolute Gasteiger partial charge is 1.00 e. The van der Waals surface area contributed by atoms with Crippen molar-refractivity contribution in [3.05, 3.63) is 30.6 Å². The third-order valence-electron chi connectivity index (χ3n) is 4.33. The third kappa shape index (κ3) is 5.31. The Morgan fingerprint density at radius 2 is 1.90 bits per heavy atom. The zero-order chi connectivity index (χ0) is 14.5. The summed E-state index contributed by atoms with van der Waals surface area (Å²) in [4.78, 5) is 12.1. The molecule has 0 N–H and O–H groups in total. The fourth-order valence-electron chi connectivity index (χ4n) is 3.15. The second-order valence-electron chi connectivity index (χ2n) is 6.40. The first-order valence-corrected chi connectivity index (χ1v) is 7.70. The Balaban J connectivity index is 0.00000220. The number of hydrogen-bond donors (Lipinski definition) is 0. The number of carbonyl (C=O) groups excluding carboxylic acids is 1. The Bertz CT molecular complexity index is 436. The predicted octanol–water partition coefficient (Wildman–Crippen LogP) is -0.0179. The van der Waals surface area contributed by atoms with Gasteiger partial charge in [0.05, 0.1) is 0 Å². The average molecular weight is 312 g/mol. The zero-order valence-corrected chi connectivity index (χ0v) is 13.9. The highest BCUT2D eigenvalue weighted by Gasteiger charge is 2.33. The van der Waals surface area contributed by atoms with Crippen LogP contribution in [0.15, 0.2) is 30.6 Å². The normalized spacial score (nSPS) is 25.2. The maximum atomic E-state index is 12.1. The minimum absolute atomic E-state index is 0. The van der Waals surface area contributed by atoms with Crippen LogP contribution in [0.2, 0.25) is 0 Å². The van der Waals surface area contributed by atoms with Crippen LogP contribution in [-0.4, -0.2) is 12.1 Å². The highest BCUT2D eigenvalue weighted by molar-refractivity contribution is 5.67. The van der Waals surface area contributed by atoms with E-state index in [9.17, 15) is 4.79 Å². The van der Waals surface area contributed by atoms with E-state index in [0.29, 0.717) is 24.3 Å². The number of aromatic nitrogens is 1. The molecule has 3 atom stereocenters. The number of hydrogen-bond acceptors (Lipinski definition) is 2. The lowest BCUT2D eigenvalue weighted by atomic mass is 9.75. The number of ether oxygens (including phenoxy) is 1. The van der Waals surface area contributed by atoms with Gasteiger partial charge in [-0.3, -0.25) is 0 Å². The maximum absolute atomic E-state index is 12.1. The van der Waals surface area contributed by atoms with Crippen molar-refractivity contribution in [3.8, 4) is 0 Å². The molecule has 1 aliphatic rings. The van der Waals surface area contributed by atoms with Gasteiger partial charge in [0.25, 0.3) is 0 Å². The van der Waals surface area contributed by atoms with Crippen LogP contribution in [0.1, 0.15) is 40.0 Å². The Morgan fingerprint density at radius 3 is 2.52 bits per heavy atom. The second kappa shape index (κ2) is 8.38. The second-order valence-corrected chi connectivity index (χ2v) is 6.40. The molecular weight excluding hydrogens is 286 g/mol. The molecule has 1 heterocycles. The molecule has 0 amide bonds. The smallest absolute Gasteiger partial charge is 0.372 e. The van der Waals surface area contributed by atoms with Gasteiger partial charge < -0.3 is 17.1 Å². The van der Waals surface area contributed by atoms with E-state index >= 15 is 0 Å². The van der Waals surface area contributed by atoms with Crippen LogP contribution in [-0.2, 0) is 16.1 Å². The molecule has 1 aromatic rings. The van der Waals surface area contributed by atoms with Crippen molar-refractivity contribution in [3.63, 3.8) is 0 Å². The molecule has 1 aliphatic carbocycles. The molecule has 4 heteroatoms. The van der Waals surface area contributed by atoms with Crippen molar-refractivity contribution in [1.82, 2.24) is 0 Å². The Labute approximate surface area is 134 Å². The predicted molar refractivity (Wildman–Crippen MR) is 77.9 cm³/mol. The van der Waals surface area contributed by atoms with E-state index in [4.69, 9.17) is 4.74 Å². The summed E-state index contributed by atoms with van der Waals surface area (Å²) in [5, 5.41) is 0. The molecule has 0 spiro atoms. The number of rotatable bonds is 4. The summed E-state index contributed by atoms with van der Waals surface area (Å²) in [6, 6.07) is 5.79. The molecule has 1 fully saturated rings. The van der Waals surface area contributed by atoms with Gasteiger partial charge in [-0.2, -0.15) is 4.57 Å². The number of halogens is 1. The summed E-state index contributed by atoms with van der Waals surface area (Å²) in [7, 11) is 0. The first kappa shape index (κ1) is 18.0. The summed E-state index contributed by atoms with van der Waals surface area (Å²) < 4.78 is 7.64. The Kier molecular flexibility index (Phi) is 7.16. The highest BCUT2D eigenvalue weighted by atomic mass is 35.5. The van der Waals surface area contributed by atoms with Crippen LogP contribution in [0.25, 0.3) is 0 Å². The van der Waals surface area contributed by atoms with Gasteiger partial charge in [-0.05, 0) is 30.6 Å². The molecular formula is C17H26ClNO2. The van der Waals surface area contributed by atoms with Crippen molar-refractivity contribution < 1.29 is 26.5 Å². The van der Waals surface area contributed by atoms with Gasteiger partial charge >= 0.3 is 5.97 Å². The summed E-state index contributed by atoms with van der Waals surface area (Å²) in [5.74, 6) is 1.62. The van der Waals surface area contributed by atoms with E-state index in [2.05, 4.69) is 20.8 Å². The fraction of sp³-hybridized carbons (Fsp3) is 0.647. The van der Waals surface area contributed by atoms with E-state index in [1.165, 1.54) is 12.8 Å². The van der Waals surface area contributed by atoms with Gasteiger partial charge in [0.2, 0.25) is 6.54 Å². The first-order chi connectivity index (χ1) is 9.56. The summed E-state index contributed by atoms with van der Waals surface area (Å²) in [6.45, 7) is 7.01. The SMILES string of the molecule is CC1CCC(C(C)C)C(OC(=O)C[n+]2ccccc2)C1.[Cl-].